The van der Waals surface area contributed by atoms with Crippen LogP contribution in [0.25, 0.3) is 0 Å². The summed E-state index contributed by atoms with van der Waals surface area (Å²) in [5.41, 5.74) is 2.32. The Hall–Kier alpha value is -1.20. The van der Waals surface area contributed by atoms with Crippen LogP contribution < -0.4 is 5.32 Å². The second-order valence-corrected chi connectivity index (χ2v) is 6.33. The molecule has 1 fully saturated rings. The number of hydrogen-bond acceptors (Lipinski definition) is 3. The molecule has 1 aliphatic rings. The predicted octanol–water partition coefficient (Wildman–Crippen LogP) is 4.21. The van der Waals surface area contributed by atoms with Gasteiger partial charge < -0.3 is 14.8 Å². The molecule has 0 spiro atoms. The molecule has 0 aromatic heterocycles. The first kappa shape index (κ1) is 15.7. The Balaban J connectivity index is 1.74. The van der Waals surface area contributed by atoms with Gasteiger partial charge in [0.1, 0.15) is 0 Å². The maximum atomic E-state index is 6.19. The summed E-state index contributed by atoms with van der Waals surface area (Å²) < 4.78 is 13.1. The van der Waals surface area contributed by atoms with E-state index in [4.69, 9.17) is 9.47 Å². The standard InChI is InChI=1S/C18H20BrNO2/c1-13(15-8-5-9-16(19)12-15)22-18-17(20-10-11-21-18)14-6-3-2-4-7-14/h2-9,12-13,17-18,20H,10-11H2,1H3/t13-,17+,18-/m1/s1. The van der Waals surface area contributed by atoms with Gasteiger partial charge in [-0.2, -0.15) is 0 Å². The topological polar surface area (TPSA) is 30.5 Å². The van der Waals surface area contributed by atoms with Crippen molar-refractivity contribution < 1.29 is 9.47 Å². The summed E-state index contributed by atoms with van der Waals surface area (Å²) in [5.74, 6) is 0. The zero-order valence-electron chi connectivity index (χ0n) is 12.5. The van der Waals surface area contributed by atoms with E-state index in [-0.39, 0.29) is 18.4 Å². The van der Waals surface area contributed by atoms with E-state index in [2.05, 4.69) is 52.4 Å². The van der Waals surface area contributed by atoms with E-state index in [9.17, 15) is 0 Å². The lowest BCUT2D eigenvalue weighted by molar-refractivity contribution is -0.200. The van der Waals surface area contributed by atoms with Gasteiger partial charge in [0, 0.05) is 11.0 Å². The molecular formula is C18H20BrNO2. The van der Waals surface area contributed by atoms with Crippen molar-refractivity contribution in [1.29, 1.82) is 0 Å². The van der Waals surface area contributed by atoms with Crippen LogP contribution in [0.15, 0.2) is 59.1 Å². The van der Waals surface area contributed by atoms with Crippen LogP contribution in [-0.4, -0.2) is 19.4 Å². The Morgan fingerprint density at radius 3 is 2.77 bits per heavy atom. The molecule has 0 amide bonds. The molecule has 0 radical (unpaired) electrons. The van der Waals surface area contributed by atoms with Crippen molar-refractivity contribution in [2.75, 3.05) is 13.2 Å². The molecule has 0 bridgehead atoms. The molecule has 2 aromatic carbocycles. The predicted molar refractivity (Wildman–Crippen MR) is 90.6 cm³/mol. The van der Waals surface area contributed by atoms with Crippen molar-refractivity contribution in [3.8, 4) is 0 Å². The SMILES string of the molecule is C[C@@H](O[C@H]1OCCN[C@H]1c1ccccc1)c1cccc(Br)c1. The fraction of sp³-hybridized carbons (Fsp3) is 0.333. The van der Waals surface area contributed by atoms with Gasteiger partial charge in [0.25, 0.3) is 0 Å². The number of ether oxygens (including phenoxy) is 2. The van der Waals surface area contributed by atoms with E-state index in [1.165, 1.54) is 5.56 Å². The molecular weight excluding hydrogens is 342 g/mol. The van der Waals surface area contributed by atoms with Crippen molar-refractivity contribution in [2.45, 2.75) is 25.4 Å². The van der Waals surface area contributed by atoms with Crippen molar-refractivity contribution in [1.82, 2.24) is 5.32 Å². The molecule has 2 aromatic rings. The minimum atomic E-state index is -0.287. The van der Waals surface area contributed by atoms with Crippen molar-refractivity contribution >= 4 is 15.9 Å². The highest BCUT2D eigenvalue weighted by Gasteiger charge is 2.29. The van der Waals surface area contributed by atoms with Gasteiger partial charge in [0.05, 0.1) is 18.8 Å². The van der Waals surface area contributed by atoms with E-state index >= 15 is 0 Å². The van der Waals surface area contributed by atoms with Crippen LogP contribution in [0, 0.1) is 0 Å². The van der Waals surface area contributed by atoms with Gasteiger partial charge in [-0.3, -0.25) is 0 Å². The lowest BCUT2D eigenvalue weighted by Gasteiger charge is -2.34. The molecule has 0 unspecified atom stereocenters. The number of morpholine rings is 1. The highest BCUT2D eigenvalue weighted by Crippen LogP contribution is 2.29. The monoisotopic (exact) mass is 361 g/mol. The zero-order chi connectivity index (χ0) is 15.4. The van der Waals surface area contributed by atoms with Crippen LogP contribution in [0.1, 0.15) is 30.2 Å². The first-order chi connectivity index (χ1) is 10.7. The first-order valence-electron chi connectivity index (χ1n) is 7.55. The molecule has 1 aliphatic heterocycles. The summed E-state index contributed by atoms with van der Waals surface area (Å²) in [5, 5.41) is 3.49. The summed E-state index contributed by atoms with van der Waals surface area (Å²) in [6.07, 6.45) is -0.321. The first-order valence-corrected chi connectivity index (χ1v) is 8.34. The third kappa shape index (κ3) is 3.76. The number of hydrogen-bond donors (Lipinski definition) is 1. The third-order valence-corrected chi connectivity index (χ3v) is 4.33. The molecule has 0 aliphatic carbocycles. The fourth-order valence-corrected chi connectivity index (χ4v) is 3.09. The van der Waals surface area contributed by atoms with Crippen LogP contribution >= 0.6 is 15.9 Å². The van der Waals surface area contributed by atoms with Crippen molar-refractivity contribution in [2.24, 2.45) is 0 Å². The minimum absolute atomic E-state index is 0.0337. The van der Waals surface area contributed by atoms with Gasteiger partial charge in [-0.1, -0.05) is 58.4 Å². The van der Waals surface area contributed by atoms with E-state index in [1.807, 2.05) is 30.3 Å². The van der Waals surface area contributed by atoms with Gasteiger partial charge in [-0.05, 0) is 30.2 Å². The summed E-state index contributed by atoms with van der Waals surface area (Å²) in [7, 11) is 0. The highest BCUT2D eigenvalue weighted by molar-refractivity contribution is 9.10. The van der Waals surface area contributed by atoms with E-state index < -0.39 is 0 Å². The number of benzene rings is 2. The second kappa shape index (κ2) is 7.38. The number of halogens is 1. The molecule has 0 saturated carbocycles. The summed E-state index contributed by atoms with van der Waals surface area (Å²) in [6, 6.07) is 18.6. The van der Waals surface area contributed by atoms with Gasteiger partial charge in [-0.15, -0.1) is 0 Å². The molecule has 3 rings (SSSR count). The molecule has 4 heteroatoms. The number of nitrogens with one attached hydrogen (secondary N) is 1. The van der Waals surface area contributed by atoms with Crippen molar-refractivity contribution in [3.05, 3.63) is 70.2 Å². The van der Waals surface area contributed by atoms with E-state index in [0.29, 0.717) is 6.61 Å². The Kier molecular flexibility index (Phi) is 5.26. The lowest BCUT2D eigenvalue weighted by Crippen LogP contribution is -2.43. The Morgan fingerprint density at radius 1 is 1.18 bits per heavy atom. The largest absolute Gasteiger partial charge is 0.349 e. The van der Waals surface area contributed by atoms with E-state index in [0.717, 1.165) is 16.6 Å². The smallest absolute Gasteiger partial charge is 0.177 e. The maximum absolute atomic E-state index is 6.19. The van der Waals surface area contributed by atoms with Crippen LogP contribution in [-0.2, 0) is 9.47 Å². The molecule has 22 heavy (non-hydrogen) atoms. The van der Waals surface area contributed by atoms with Gasteiger partial charge in [-0.25, -0.2) is 0 Å². The van der Waals surface area contributed by atoms with Gasteiger partial charge in [0.2, 0.25) is 0 Å². The zero-order valence-corrected chi connectivity index (χ0v) is 14.1. The average molecular weight is 362 g/mol. The lowest BCUT2D eigenvalue weighted by atomic mass is 10.1. The number of rotatable bonds is 4. The van der Waals surface area contributed by atoms with Crippen LogP contribution in [0.3, 0.4) is 0 Å². The Bertz CT molecular complexity index is 605. The third-order valence-electron chi connectivity index (χ3n) is 3.84. The highest BCUT2D eigenvalue weighted by atomic mass is 79.9. The normalized spacial score (nSPS) is 23.2. The molecule has 1 N–H and O–H groups in total. The quantitative estimate of drug-likeness (QED) is 0.884. The minimum Gasteiger partial charge on any atom is -0.349 e. The Morgan fingerprint density at radius 2 is 2.00 bits per heavy atom. The molecule has 116 valence electrons. The molecule has 3 nitrogen and oxygen atoms in total. The fourth-order valence-electron chi connectivity index (χ4n) is 2.67. The van der Waals surface area contributed by atoms with E-state index in [1.54, 1.807) is 0 Å². The van der Waals surface area contributed by atoms with Gasteiger partial charge in [0.15, 0.2) is 6.29 Å². The van der Waals surface area contributed by atoms with Gasteiger partial charge >= 0.3 is 0 Å². The van der Waals surface area contributed by atoms with Crippen LogP contribution in [0.4, 0.5) is 0 Å². The molecule has 3 atom stereocenters. The summed E-state index contributed by atoms with van der Waals surface area (Å²) >= 11 is 3.51. The maximum Gasteiger partial charge on any atom is 0.177 e. The molecule has 1 saturated heterocycles. The second-order valence-electron chi connectivity index (χ2n) is 5.41. The molecule has 1 heterocycles. The summed E-state index contributed by atoms with van der Waals surface area (Å²) in [6.45, 7) is 3.56. The Labute approximate surface area is 139 Å². The van der Waals surface area contributed by atoms with Crippen LogP contribution in [0.2, 0.25) is 0 Å². The average Bonchev–Trinajstić information content (AvgIpc) is 2.56. The van der Waals surface area contributed by atoms with Crippen LogP contribution in [0.5, 0.6) is 0 Å². The summed E-state index contributed by atoms with van der Waals surface area (Å²) in [4.78, 5) is 0. The van der Waals surface area contributed by atoms with Crippen molar-refractivity contribution in [3.63, 3.8) is 0 Å².